The molecule has 2 N–H and O–H groups in total. The largest absolute Gasteiger partial charge is 0.494 e. The van der Waals surface area contributed by atoms with Gasteiger partial charge in [0.1, 0.15) is 15.6 Å². The molecule has 0 bridgehead atoms. The monoisotopic (exact) mass is 478 g/mol. The Hall–Kier alpha value is -3.39. The van der Waals surface area contributed by atoms with E-state index in [1.54, 1.807) is 24.3 Å². The second-order valence-electron chi connectivity index (χ2n) is 8.25. The van der Waals surface area contributed by atoms with Gasteiger partial charge >= 0.3 is 6.03 Å². The van der Waals surface area contributed by atoms with Gasteiger partial charge in [0.15, 0.2) is 0 Å². The van der Waals surface area contributed by atoms with Crippen LogP contribution in [-0.2, 0) is 0 Å². The molecule has 0 aliphatic carbocycles. The molecule has 3 aromatic rings. The van der Waals surface area contributed by atoms with Crippen LogP contribution in [0.3, 0.4) is 0 Å². The van der Waals surface area contributed by atoms with Crippen LogP contribution >= 0.6 is 11.3 Å². The van der Waals surface area contributed by atoms with Crippen molar-refractivity contribution in [2.45, 2.75) is 39.5 Å². The van der Waals surface area contributed by atoms with Crippen LogP contribution in [0.2, 0.25) is 0 Å². The summed E-state index contributed by atoms with van der Waals surface area (Å²) < 4.78 is 5.49. The second kappa shape index (κ2) is 11.2. The van der Waals surface area contributed by atoms with Gasteiger partial charge in [-0.05, 0) is 75.2 Å². The zero-order valence-corrected chi connectivity index (χ0v) is 20.4. The van der Waals surface area contributed by atoms with Crippen LogP contribution in [0.25, 0.3) is 10.6 Å². The highest BCUT2D eigenvalue weighted by Crippen LogP contribution is 2.30. The highest BCUT2D eigenvalue weighted by Gasteiger charge is 2.18. The van der Waals surface area contributed by atoms with Crippen molar-refractivity contribution in [2.24, 2.45) is 0 Å². The van der Waals surface area contributed by atoms with E-state index < -0.39 is 0 Å². The van der Waals surface area contributed by atoms with Gasteiger partial charge in [-0.3, -0.25) is 4.79 Å². The first kappa shape index (κ1) is 23.8. The molecule has 2 heterocycles. The molecule has 0 radical (unpaired) electrons. The van der Waals surface area contributed by atoms with Crippen LogP contribution in [0, 0.1) is 6.92 Å². The van der Waals surface area contributed by atoms with Crippen molar-refractivity contribution < 1.29 is 14.3 Å². The van der Waals surface area contributed by atoms with E-state index >= 15 is 0 Å². The zero-order valence-electron chi connectivity index (χ0n) is 19.6. The van der Waals surface area contributed by atoms with Crippen molar-refractivity contribution in [1.29, 1.82) is 0 Å². The van der Waals surface area contributed by atoms with E-state index in [9.17, 15) is 9.59 Å². The van der Waals surface area contributed by atoms with Gasteiger partial charge in [-0.1, -0.05) is 12.8 Å². The standard InChI is InChI=1S/C26H30N4O3S/c1-3-33-22-14-8-19(9-15-22)25-27-18(2)23(34-25)24(31)28-20-10-12-21(13-11-20)29-26(32)30-16-6-4-5-7-17-30/h8-15H,3-7,16-17H2,1-2H3,(H,28,31)(H,29,32). The molecule has 1 aromatic heterocycles. The third kappa shape index (κ3) is 5.94. The molecule has 1 fully saturated rings. The lowest BCUT2D eigenvalue weighted by atomic mass is 10.2. The first-order valence-corrected chi connectivity index (χ1v) is 12.5. The molecule has 3 amide bonds. The predicted octanol–water partition coefficient (Wildman–Crippen LogP) is 6.18. The summed E-state index contributed by atoms with van der Waals surface area (Å²) in [6, 6.07) is 14.8. The predicted molar refractivity (Wildman–Crippen MR) is 137 cm³/mol. The van der Waals surface area contributed by atoms with Crippen molar-refractivity contribution in [2.75, 3.05) is 30.3 Å². The van der Waals surface area contributed by atoms with E-state index in [2.05, 4.69) is 15.6 Å². The number of hydrogen-bond donors (Lipinski definition) is 2. The van der Waals surface area contributed by atoms with Gasteiger partial charge in [0.2, 0.25) is 0 Å². The Labute approximate surface area is 204 Å². The van der Waals surface area contributed by atoms with Gasteiger partial charge in [0, 0.05) is 30.0 Å². The molecule has 2 aromatic carbocycles. The Morgan fingerprint density at radius 2 is 1.56 bits per heavy atom. The minimum absolute atomic E-state index is 0.0687. The summed E-state index contributed by atoms with van der Waals surface area (Å²) >= 11 is 1.36. The smallest absolute Gasteiger partial charge is 0.321 e. The van der Waals surface area contributed by atoms with Crippen LogP contribution in [0.1, 0.15) is 48.0 Å². The Bertz CT molecular complexity index is 1120. The van der Waals surface area contributed by atoms with Crippen molar-refractivity contribution >= 4 is 34.6 Å². The third-order valence-electron chi connectivity index (χ3n) is 5.70. The number of carbonyl (C=O) groups is 2. The van der Waals surface area contributed by atoms with Crippen LogP contribution in [0.15, 0.2) is 48.5 Å². The molecule has 1 aliphatic rings. The maximum Gasteiger partial charge on any atom is 0.321 e. The number of carbonyl (C=O) groups excluding carboxylic acids is 2. The number of ether oxygens (including phenoxy) is 1. The summed E-state index contributed by atoms with van der Waals surface area (Å²) in [5, 5.41) is 6.67. The molecule has 34 heavy (non-hydrogen) atoms. The fraction of sp³-hybridized carbons (Fsp3) is 0.346. The maximum atomic E-state index is 12.9. The zero-order chi connectivity index (χ0) is 23.9. The molecule has 7 nitrogen and oxygen atoms in total. The molecule has 4 rings (SSSR count). The third-order valence-corrected chi connectivity index (χ3v) is 6.91. The Kier molecular flexibility index (Phi) is 7.80. The summed E-state index contributed by atoms with van der Waals surface area (Å²) in [7, 11) is 0. The lowest BCUT2D eigenvalue weighted by Gasteiger charge is -2.20. The fourth-order valence-corrected chi connectivity index (χ4v) is 4.86. The molecule has 0 atom stereocenters. The van der Waals surface area contributed by atoms with Crippen molar-refractivity contribution in [3.05, 3.63) is 59.1 Å². The number of amides is 3. The Balaban J connectivity index is 1.37. The number of likely N-dealkylation sites (tertiary alicyclic amines) is 1. The molecule has 1 saturated heterocycles. The summed E-state index contributed by atoms with van der Waals surface area (Å²) in [4.78, 5) is 32.4. The lowest BCUT2D eigenvalue weighted by molar-refractivity contribution is 0.102. The summed E-state index contributed by atoms with van der Waals surface area (Å²) in [6.45, 7) is 6.00. The van der Waals surface area contributed by atoms with E-state index in [0.29, 0.717) is 28.6 Å². The molecular weight excluding hydrogens is 448 g/mol. The minimum atomic E-state index is -0.200. The Morgan fingerprint density at radius 1 is 0.941 bits per heavy atom. The number of urea groups is 1. The van der Waals surface area contributed by atoms with E-state index in [4.69, 9.17) is 4.74 Å². The first-order valence-electron chi connectivity index (χ1n) is 11.7. The summed E-state index contributed by atoms with van der Waals surface area (Å²) in [6.07, 6.45) is 4.46. The van der Waals surface area contributed by atoms with E-state index in [-0.39, 0.29) is 11.9 Å². The summed E-state index contributed by atoms with van der Waals surface area (Å²) in [5.41, 5.74) is 3.00. The van der Waals surface area contributed by atoms with Gasteiger partial charge < -0.3 is 20.3 Å². The van der Waals surface area contributed by atoms with Crippen LogP contribution < -0.4 is 15.4 Å². The number of nitrogens with zero attached hydrogens (tertiary/aromatic N) is 2. The molecule has 178 valence electrons. The number of benzene rings is 2. The van der Waals surface area contributed by atoms with Crippen molar-refractivity contribution in [3.63, 3.8) is 0 Å². The van der Waals surface area contributed by atoms with Crippen LogP contribution in [0.4, 0.5) is 16.2 Å². The Morgan fingerprint density at radius 3 is 2.18 bits per heavy atom. The number of aromatic nitrogens is 1. The topological polar surface area (TPSA) is 83.6 Å². The molecule has 8 heteroatoms. The molecule has 0 unspecified atom stereocenters. The van der Waals surface area contributed by atoms with E-state index in [0.717, 1.165) is 42.3 Å². The minimum Gasteiger partial charge on any atom is -0.494 e. The second-order valence-corrected chi connectivity index (χ2v) is 9.25. The first-order chi connectivity index (χ1) is 16.5. The number of anilines is 2. The fourth-order valence-electron chi connectivity index (χ4n) is 3.89. The SMILES string of the molecule is CCOc1ccc(-c2nc(C)c(C(=O)Nc3ccc(NC(=O)N4CCCCCC4)cc3)s2)cc1. The molecule has 0 spiro atoms. The van der Waals surface area contributed by atoms with Gasteiger partial charge in [0.25, 0.3) is 5.91 Å². The van der Waals surface area contributed by atoms with Crippen LogP contribution in [0.5, 0.6) is 5.75 Å². The number of rotatable bonds is 6. The molecule has 1 aliphatic heterocycles. The van der Waals surface area contributed by atoms with E-state index in [1.165, 1.54) is 24.2 Å². The lowest BCUT2D eigenvalue weighted by Crippen LogP contribution is -2.35. The van der Waals surface area contributed by atoms with Crippen LogP contribution in [-0.4, -0.2) is 41.5 Å². The van der Waals surface area contributed by atoms with Gasteiger partial charge in [-0.25, -0.2) is 9.78 Å². The highest BCUT2D eigenvalue weighted by molar-refractivity contribution is 7.17. The van der Waals surface area contributed by atoms with Gasteiger partial charge in [-0.15, -0.1) is 11.3 Å². The quantitative estimate of drug-likeness (QED) is 0.443. The van der Waals surface area contributed by atoms with Crippen molar-refractivity contribution in [1.82, 2.24) is 9.88 Å². The number of nitrogens with one attached hydrogen (secondary N) is 2. The van der Waals surface area contributed by atoms with Crippen molar-refractivity contribution in [3.8, 4) is 16.3 Å². The highest BCUT2D eigenvalue weighted by atomic mass is 32.1. The normalized spacial score (nSPS) is 13.8. The maximum absolute atomic E-state index is 12.9. The molecular formula is C26H30N4O3S. The number of thiazole rings is 1. The van der Waals surface area contributed by atoms with Gasteiger partial charge in [-0.2, -0.15) is 0 Å². The average molecular weight is 479 g/mol. The van der Waals surface area contributed by atoms with Gasteiger partial charge in [0.05, 0.1) is 12.3 Å². The summed E-state index contributed by atoms with van der Waals surface area (Å²) in [5.74, 6) is 0.608. The van der Waals surface area contributed by atoms with E-state index in [1.807, 2.05) is 43.0 Å². The number of hydrogen-bond acceptors (Lipinski definition) is 5. The molecule has 0 saturated carbocycles. The number of aryl methyl sites for hydroxylation is 1. The average Bonchev–Trinajstić information content (AvgIpc) is 3.04.